The molecule has 0 amide bonds. The number of hydrogen-bond donors (Lipinski definition) is 2. The van der Waals surface area contributed by atoms with Gasteiger partial charge in [0.05, 0.1) is 6.54 Å². The van der Waals surface area contributed by atoms with E-state index in [1.165, 1.54) is 31.2 Å². The Bertz CT molecular complexity index is 492. The Hall–Kier alpha value is -1.07. The smallest absolute Gasteiger partial charge is 0.188 e. The molecule has 1 fully saturated rings. The molecule has 4 nitrogen and oxygen atoms in total. The van der Waals surface area contributed by atoms with E-state index in [1.54, 1.807) is 4.88 Å². The Labute approximate surface area is 131 Å². The molecule has 3 N–H and O–H groups in total. The summed E-state index contributed by atoms with van der Waals surface area (Å²) < 4.78 is 0. The molecule has 1 aromatic heterocycles. The van der Waals surface area contributed by atoms with Gasteiger partial charge in [0, 0.05) is 30.6 Å². The molecule has 1 atom stereocenters. The molecule has 116 valence electrons. The summed E-state index contributed by atoms with van der Waals surface area (Å²) in [5.41, 5.74) is 7.46. The van der Waals surface area contributed by atoms with E-state index in [1.807, 2.05) is 11.3 Å². The standard InChI is InChI=1S/C16H26N4S/c1-12(9-18-16(17)19-10-13-3-2-4-13)20-7-5-15-14(11-20)6-8-21-15/h6,8,12-13H,2-5,7,9-11H2,1H3,(H3,17,18,19). The van der Waals surface area contributed by atoms with Crippen molar-refractivity contribution in [2.45, 2.75) is 45.2 Å². The van der Waals surface area contributed by atoms with Gasteiger partial charge in [-0.2, -0.15) is 0 Å². The molecule has 1 unspecified atom stereocenters. The van der Waals surface area contributed by atoms with Crippen molar-refractivity contribution in [3.8, 4) is 0 Å². The van der Waals surface area contributed by atoms with Gasteiger partial charge in [0.1, 0.15) is 0 Å². The molecular formula is C16H26N4S. The van der Waals surface area contributed by atoms with Gasteiger partial charge in [0.25, 0.3) is 0 Å². The van der Waals surface area contributed by atoms with Crippen LogP contribution >= 0.6 is 11.3 Å². The van der Waals surface area contributed by atoms with Crippen LogP contribution in [0.25, 0.3) is 0 Å². The highest BCUT2D eigenvalue weighted by Crippen LogP contribution is 2.25. The zero-order chi connectivity index (χ0) is 14.7. The van der Waals surface area contributed by atoms with Gasteiger partial charge in [-0.05, 0) is 49.1 Å². The third kappa shape index (κ3) is 3.77. The number of aliphatic imine (C=N–C) groups is 1. The first-order chi connectivity index (χ1) is 10.2. The molecule has 0 spiro atoms. The molecule has 0 bridgehead atoms. The monoisotopic (exact) mass is 306 g/mol. The lowest BCUT2D eigenvalue weighted by Crippen LogP contribution is -2.41. The molecule has 0 aromatic carbocycles. The van der Waals surface area contributed by atoms with Gasteiger partial charge < -0.3 is 11.1 Å². The number of nitrogens with two attached hydrogens (primary N) is 1. The number of hydrogen-bond acceptors (Lipinski definition) is 3. The number of thiophene rings is 1. The molecule has 1 aromatic rings. The van der Waals surface area contributed by atoms with Gasteiger partial charge in [-0.3, -0.25) is 9.89 Å². The molecule has 1 saturated carbocycles. The Kier molecular flexibility index (Phi) is 4.80. The lowest BCUT2D eigenvalue weighted by atomic mass is 9.85. The van der Waals surface area contributed by atoms with Gasteiger partial charge in [-0.25, -0.2) is 0 Å². The van der Waals surface area contributed by atoms with E-state index >= 15 is 0 Å². The summed E-state index contributed by atoms with van der Waals surface area (Å²) in [6.45, 7) is 6.22. The van der Waals surface area contributed by atoms with Crippen LogP contribution in [0.2, 0.25) is 0 Å². The first-order valence-corrected chi connectivity index (χ1v) is 8.93. The topological polar surface area (TPSA) is 53.6 Å². The van der Waals surface area contributed by atoms with Crippen molar-refractivity contribution >= 4 is 17.3 Å². The summed E-state index contributed by atoms with van der Waals surface area (Å²) in [5, 5.41) is 5.47. The minimum Gasteiger partial charge on any atom is -0.370 e. The lowest BCUT2D eigenvalue weighted by Gasteiger charge is -2.31. The first kappa shape index (κ1) is 14.9. The molecular weight excluding hydrogens is 280 g/mol. The van der Waals surface area contributed by atoms with Crippen molar-refractivity contribution in [3.63, 3.8) is 0 Å². The van der Waals surface area contributed by atoms with Crippen LogP contribution in [0.15, 0.2) is 16.4 Å². The predicted octanol–water partition coefficient (Wildman–Crippen LogP) is 2.20. The van der Waals surface area contributed by atoms with Crippen LogP contribution in [0.3, 0.4) is 0 Å². The maximum absolute atomic E-state index is 5.96. The quantitative estimate of drug-likeness (QED) is 0.648. The van der Waals surface area contributed by atoms with Crippen molar-refractivity contribution < 1.29 is 0 Å². The van der Waals surface area contributed by atoms with E-state index in [0.29, 0.717) is 12.0 Å². The number of fused-ring (bicyclic) bond motifs is 1. The van der Waals surface area contributed by atoms with E-state index in [4.69, 9.17) is 5.73 Å². The van der Waals surface area contributed by atoms with Gasteiger partial charge in [-0.15, -0.1) is 11.3 Å². The van der Waals surface area contributed by atoms with E-state index in [2.05, 4.69) is 33.6 Å². The lowest BCUT2D eigenvalue weighted by molar-refractivity contribution is 0.197. The van der Waals surface area contributed by atoms with E-state index in [0.717, 1.165) is 32.1 Å². The molecule has 2 heterocycles. The van der Waals surface area contributed by atoms with Gasteiger partial charge in [-0.1, -0.05) is 6.42 Å². The second-order valence-corrected chi connectivity index (χ2v) is 7.34. The van der Waals surface area contributed by atoms with E-state index in [9.17, 15) is 0 Å². The fourth-order valence-corrected chi connectivity index (χ4v) is 3.88. The average molecular weight is 306 g/mol. The molecule has 0 saturated heterocycles. The summed E-state index contributed by atoms with van der Waals surface area (Å²) >= 11 is 1.89. The third-order valence-electron chi connectivity index (χ3n) is 4.78. The normalized spacial score (nSPS) is 21.7. The largest absolute Gasteiger partial charge is 0.370 e. The Morgan fingerprint density at radius 1 is 1.57 bits per heavy atom. The number of guanidine groups is 1. The van der Waals surface area contributed by atoms with Crippen LogP contribution in [0.1, 0.15) is 36.6 Å². The number of nitrogens with one attached hydrogen (secondary N) is 1. The Balaban J connectivity index is 1.44. The van der Waals surface area contributed by atoms with Gasteiger partial charge >= 0.3 is 0 Å². The Morgan fingerprint density at radius 2 is 2.43 bits per heavy atom. The fraction of sp³-hybridized carbons (Fsp3) is 0.688. The van der Waals surface area contributed by atoms with Crippen LogP contribution < -0.4 is 11.1 Å². The van der Waals surface area contributed by atoms with Crippen LogP contribution in [-0.4, -0.2) is 36.5 Å². The molecule has 0 radical (unpaired) electrons. The molecule has 2 aliphatic rings. The second kappa shape index (κ2) is 6.79. The maximum atomic E-state index is 5.96. The van der Waals surface area contributed by atoms with Crippen LogP contribution in [-0.2, 0) is 13.0 Å². The predicted molar refractivity (Wildman–Crippen MR) is 89.7 cm³/mol. The molecule has 1 aliphatic carbocycles. The fourth-order valence-electron chi connectivity index (χ4n) is 2.99. The molecule has 21 heavy (non-hydrogen) atoms. The third-order valence-corrected chi connectivity index (χ3v) is 5.81. The van der Waals surface area contributed by atoms with E-state index < -0.39 is 0 Å². The number of nitrogens with zero attached hydrogens (tertiary/aromatic N) is 2. The summed E-state index contributed by atoms with van der Waals surface area (Å²) in [5.74, 6) is 1.43. The van der Waals surface area contributed by atoms with Gasteiger partial charge in [0.15, 0.2) is 5.96 Å². The average Bonchev–Trinajstić information content (AvgIpc) is 2.90. The zero-order valence-electron chi connectivity index (χ0n) is 12.8. The van der Waals surface area contributed by atoms with E-state index in [-0.39, 0.29) is 0 Å². The molecule has 1 aliphatic heterocycles. The zero-order valence-corrected chi connectivity index (χ0v) is 13.7. The van der Waals surface area contributed by atoms with Crippen molar-refractivity contribution in [1.29, 1.82) is 0 Å². The minimum absolute atomic E-state index is 0.446. The maximum Gasteiger partial charge on any atom is 0.188 e. The second-order valence-electron chi connectivity index (χ2n) is 6.34. The van der Waals surface area contributed by atoms with Crippen molar-refractivity contribution in [2.24, 2.45) is 16.6 Å². The van der Waals surface area contributed by atoms with Crippen LogP contribution in [0.5, 0.6) is 0 Å². The highest BCUT2D eigenvalue weighted by atomic mass is 32.1. The molecule has 3 rings (SSSR count). The Morgan fingerprint density at radius 3 is 3.19 bits per heavy atom. The van der Waals surface area contributed by atoms with Crippen LogP contribution in [0, 0.1) is 5.92 Å². The summed E-state index contributed by atoms with van der Waals surface area (Å²) in [6, 6.07) is 2.71. The number of rotatable bonds is 5. The van der Waals surface area contributed by atoms with Crippen molar-refractivity contribution in [3.05, 3.63) is 21.9 Å². The van der Waals surface area contributed by atoms with Gasteiger partial charge in [0.2, 0.25) is 0 Å². The first-order valence-electron chi connectivity index (χ1n) is 8.05. The molecule has 5 heteroatoms. The summed E-state index contributed by atoms with van der Waals surface area (Å²) in [6.07, 6.45) is 5.23. The van der Waals surface area contributed by atoms with Crippen LogP contribution in [0.4, 0.5) is 0 Å². The summed E-state index contributed by atoms with van der Waals surface area (Å²) in [7, 11) is 0. The minimum atomic E-state index is 0.446. The highest BCUT2D eigenvalue weighted by molar-refractivity contribution is 7.10. The highest BCUT2D eigenvalue weighted by Gasteiger charge is 2.21. The SMILES string of the molecule is CC(CN=C(N)NCC1CCC1)N1CCc2sccc2C1. The van der Waals surface area contributed by atoms with Crippen molar-refractivity contribution in [2.75, 3.05) is 19.6 Å². The van der Waals surface area contributed by atoms with Crippen molar-refractivity contribution in [1.82, 2.24) is 10.2 Å². The summed E-state index contributed by atoms with van der Waals surface area (Å²) in [4.78, 5) is 8.59.